The van der Waals surface area contributed by atoms with Gasteiger partial charge in [-0.1, -0.05) is 60.7 Å². The molecule has 0 aromatic heterocycles. The Morgan fingerprint density at radius 3 is 1.37 bits per heavy atom. The normalized spacial score (nSPS) is 11.9. The fourth-order valence-electron chi connectivity index (χ4n) is 2.57. The summed E-state index contributed by atoms with van der Waals surface area (Å²) in [4.78, 5) is 9.21. The molecule has 27 heavy (non-hydrogen) atoms. The maximum atomic E-state index is 4.61. The Bertz CT molecular complexity index is 622. The molecule has 0 aliphatic rings. The summed E-state index contributed by atoms with van der Waals surface area (Å²) >= 11 is 0. The summed E-state index contributed by atoms with van der Waals surface area (Å²) in [6, 6.07) is 20.6. The number of hydrogen-bond donors (Lipinski definition) is 2. The van der Waals surface area contributed by atoms with Gasteiger partial charge in [-0.25, -0.2) is 0 Å². The average Bonchev–Trinajstić information content (AvgIpc) is 2.70. The summed E-state index contributed by atoms with van der Waals surface area (Å²) in [6.07, 6.45) is 0. The van der Waals surface area contributed by atoms with Crippen molar-refractivity contribution in [3.8, 4) is 0 Å². The topological polar surface area (TPSA) is 48.8 Å². The molecule has 148 valence electrons. The Kier molecular flexibility index (Phi) is 12.3. The van der Waals surface area contributed by atoms with Crippen LogP contribution in [0.2, 0.25) is 0 Å². The molecule has 4 nitrogen and oxygen atoms in total. The Morgan fingerprint density at radius 1 is 0.630 bits per heavy atom. The van der Waals surface area contributed by atoms with Gasteiger partial charge in [-0.3, -0.25) is 9.98 Å². The molecule has 0 fully saturated rings. The van der Waals surface area contributed by atoms with Gasteiger partial charge in [0.1, 0.15) is 0 Å². The zero-order chi connectivity index (χ0) is 18.5. The molecule has 0 radical (unpaired) electrons. The fraction of sp³-hybridized carbons (Fsp3) is 0.364. The molecule has 2 aromatic carbocycles. The number of nitrogens with one attached hydrogen (secondary N) is 2. The van der Waals surface area contributed by atoms with Crippen LogP contribution in [0.1, 0.15) is 25.0 Å². The van der Waals surface area contributed by atoms with Gasteiger partial charge in [0.15, 0.2) is 0 Å². The van der Waals surface area contributed by atoms with Gasteiger partial charge in [0.2, 0.25) is 0 Å². The molecule has 2 rings (SSSR count). The predicted octanol–water partition coefficient (Wildman–Crippen LogP) is 3.18. The second kappa shape index (κ2) is 14.3. The molecule has 2 aromatic rings. The van der Waals surface area contributed by atoms with E-state index in [0.29, 0.717) is 0 Å². The van der Waals surface area contributed by atoms with E-state index in [4.69, 9.17) is 0 Å². The van der Waals surface area contributed by atoms with E-state index in [0.717, 1.165) is 50.7 Å². The monoisotopic (exact) mass is 413 g/mol. The van der Waals surface area contributed by atoms with Gasteiger partial charge in [-0.15, -0.1) is 0 Å². The zero-order valence-corrected chi connectivity index (χ0v) is 17.2. The Hall–Kier alpha value is -1.78. The molecule has 0 aliphatic heterocycles. The molecule has 0 saturated heterocycles. The maximum Gasteiger partial charge on any atom is 1.00 e. The van der Waals surface area contributed by atoms with Gasteiger partial charge < -0.3 is 10.6 Å². The zero-order valence-electron chi connectivity index (χ0n) is 16.2. The average molecular weight is 414 g/mol. The van der Waals surface area contributed by atoms with E-state index in [1.165, 1.54) is 11.1 Å². The van der Waals surface area contributed by atoms with E-state index in [9.17, 15) is 0 Å². The number of rotatable bonds is 11. The van der Waals surface area contributed by atoms with Crippen molar-refractivity contribution in [2.45, 2.75) is 13.8 Å². The Balaban J connectivity index is 0.00000364. The van der Waals surface area contributed by atoms with Gasteiger partial charge in [0.05, 0.1) is 13.1 Å². The van der Waals surface area contributed by atoms with Crippen molar-refractivity contribution in [2.75, 3.05) is 39.3 Å². The van der Waals surface area contributed by atoms with Crippen molar-refractivity contribution >= 4 is 11.4 Å². The van der Waals surface area contributed by atoms with Gasteiger partial charge >= 0.3 is 17.1 Å². The number of benzene rings is 2. The van der Waals surface area contributed by atoms with Crippen LogP contribution in [0.5, 0.6) is 0 Å². The molecule has 0 spiro atoms. The minimum atomic E-state index is 0. The minimum Gasteiger partial charge on any atom is -0.314 e. The molecule has 5 heteroatoms. The summed E-state index contributed by atoms with van der Waals surface area (Å²) in [7, 11) is 0. The maximum absolute atomic E-state index is 4.61. The quantitative estimate of drug-likeness (QED) is 0.337. The molecule has 0 heterocycles. The minimum absolute atomic E-state index is 0. The van der Waals surface area contributed by atoms with Crippen molar-refractivity contribution in [1.29, 1.82) is 0 Å². The van der Waals surface area contributed by atoms with Crippen LogP contribution in [-0.4, -0.2) is 50.7 Å². The third-order valence-corrected chi connectivity index (χ3v) is 4.14. The standard InChI is InChI=1S/C22H30N4.Cu/c1-19(21-9-5-3-6-10-21)25-17-15-23-13-14-24-16-18-26-20(2)22-11-7-4-8-12-22;/h3-12,23-24H,13-18H2,1-2H3;/q;+1. The molecule has 0 unspecified atom stereocenters. The van der Waals surface area contributed by atoms with Gasteiger partial charge in [0, 0.05) is 37.6 Å². The number of nitrogens with zero attached hydrogens (tertiary/aromatic N) is 2. The molecule has 0 amide bonds. The predicted molar refractivity (Wildman–Crippen MR) is 113 cm³/mol. The van der Waals surface area contributed by atoms with E-state index in [1.807, 2.05) is 36.4 Å². The van der Waals surface area contributed by atoms with E-state index < -0.39 is 0 Å². The molecular weight excluding hydrogens is 384 g/mol. The molecule has 0 atom stereocenters. The van der Waals surface area contributed by atoms with Crippen LogP contribution in [0, 0.1) is 0 Å². The van der Waals surface area contributed by atoms with Crippen molar-refractivity contribution in [1.82, 2.24) is 10.6 Å². The first kappa shape index (κ1) is 23.3. The van der Waals surface area contributed by atoms with Gasteiger partial charge in [-0.2, -0.15) is 0 Å². The largest absolute Gasteiger partial charge is 1.00 e. The first-order chi connectivity index (χ1) is 12.8. The Morgan fingerprint density at radius 2 is 1.00 bits per heavy atom. The second-order valence-corrected chi connectivity index (χ2v) is 6.17. The first-order valence-electron chi connectivity index (χ1n) is 9.32. The summed E-state index contributed by atoms with van der Waals surface area (Å²) in [5.74, 6) is 0. The van der Waals surface area contributed by atoms with Crippen molar-refractivity contribution in [3.63, 3.8) is 0 Å². The first-order valence-corrected chi connectivity index (χ1v) is 9.32. The Labute approximate surface area is 174 Å². The van der Waals surface area contributed by atoms with Crippen LogP contribution in [0.4, 0.5) is 0 Å². The number of aliphatic imine (C=N–C) groups is 2. The van der Waals surface area contributed by atoms with Crippen LogP contribution < -0.4 is 10.6 Å². The third-order valence-electron chi connectivity index (χ3n) is 4.14. The summed E-state index contributed by atoms with van der Waals surface area (Å²) < 4.78 is 0. The fourth-order valence-corrected chi connectivity index (χ4v) is 2.57. The van der Waals surface area contributed by atoms with Crippen LogP contribution in [-0.2, 0) is 17.1 Å². The summed E-state index contributed by atoms with van der Waals surface area (Å²) in [5.41, 5.74) is 4.58. The number of hydrogen-bond acceptors (Lipinski definition) is 4. The van der Waals surface area contributed by atoms with Crippen LogP contribution >= 0.6 is 0 Å². The molecular formula is C22H30CuN4+. The molecule has 0 bridgehead atoms. The summed E-state index contributed by atoms with van der Waals surface area (Å²) in [5, 5.41) is 6.82. The van der Waals surface area contributed by atoms with Gasteiger partial charge in [0.25, 0.3) is 0 Å². The van der Waals surface area contributed by atoms with Gasteiger partial charge in [-0.05, 0) is 25.0 Å². The van der Waals surface area contributed by atoms with Crippen molar-refractivity contribution in [2.24, 2.45) is 9.98 Å². The molecule has 0 saturated carbocycles. The molecule has 2 N–H and O–H groups in total. The van der Waals surface area contributed by atoms with Crippen LogP contribution in [0.3, 0.4) is 0 Å². The van der Waals surface area contributed by atoms with E-state index in [-0.39, 0.29) is 17.1 Å². The van der Waals surface area contributed by atoms with Crippen LogP contribution in [0.25, 0.3) is 0 Å². The van der Waals surface area contributed by atoms with Crippen molar-refractivity contribution in [3.05, 3.63) is 71.8 Å². The van der Waals surface area contributed by atoms with E-state index >= 15 is 0 Å². The van der Waals surface area contributed by atoms with E-state index in [1.54, 1.807) is 0 Å². The van der Waals surface area contributed by atoms with Crippen LogP contribution in [0.15, 0.2) is 70.6 Å². The van der Waals surface area contributed by atoms with Crippen molar-refractivity contribution < 1.29 is 17.1 Å². The second-order valence-electron chi connectivity index (χ2n) is 6.17. The van der Waals surface area contributed by atoms with E-state index in [2.05, 4.69) is 58.7 Å². The SMILES string of the molecule is CC(=NCCNCCNCCN=C(C)c1ccccc1)c1ccccc1.[Cu+]. The summed E-state index contributed by atoms with van der Waals surface area (Å²) in [6.45, 7) is 9.43. The molecule has 0 aliphatic carbocycles. The third kappa shape index (κ3) is 9.64. The smallest absolute Gasteiger partial charge is 0.314 e.